The fourth-order valence-electron chi connectivity index (χ4n) is 1.91. The van der Waals surface area contributed by atoms with E-state index in [1.807, 2.05) is 0 Å². The van der Waals surface area contributed by atoms with Crippen LogP contribution in [0.4, 0.5) is 0 Å². The highest BCUT2D eigenvalue weighted by Crippen LogP contribution is 2.30. The van der Waals surface area contributed by atoms with Crippen molar-refractivity contribution in [2.45, 2.75) is 19.1 Å². The van der Waals surface area contributed by atoms with Crippen molar-refractivity contribution in [2.75, 3.05) is 0 Å². The summed E-state index contributed by atoms with van der Waals surface area (Å²) in [4.78, 5) is 17.0. The maximum atomic E-state index is 12.4. The fraction of sp³-hybridized carbons (Fsp3) is 0.231. The van der Waals surface area contributed by atoms with Crippen molar-refractivity contribution in [2.24, 2.45) is 9.39 Å². The number of carbonyl (C=O) groups is 1. The van der Waals surface area contributed by atoms with Gasteiger partial charge >= 0.3 is 0 Å². The number of amides is 1. The second-order valence-corrected chi connectivity index (χ2v) is 8.14. The third kappa shape index (κ3) is 2.53. The summed E-state index contributed by atoms with van der Waals surface area (Å²) in [5.74, 6) is -0.554. The Morgan fingerprint density at radius 3 is 2.78 bits per heavy atom. The highest BCUT2D eigenvalue weighted by Gasteiger charge is 2.43. The maximum Gasteiger partial charge on any atom is 0.283 e. The molecule has 10 heteroatoms. The van der Waals surface area contributed by atoms with E-state index in [4.69, 9.17) is 9.83 Å². The Morgan fingerprint density at radius 1 is 1.43 bits per heavy atom. The average Bonchev–Trinajstić information content (AvgIpc) is 3.12. The second-order valence-electron chi connectivity index (χ2n) is 5.02. The van der Waals surface area contributed by atoms with Gasteiger partial charge in [-0.2, -0.15) is 9.39 Å². The minimum atomic E-state index is -3.71. The second kappa shape index (κ2) is 5.46. The smallest absolute Gasteiger partial charge is 0.283 e. The lowest BCUT2D eigenvalue weighted by atomic mass is 10.1. The zero-order valence-corrected chi connectivity index (χ0v) is 13.8. The van der Waals surface area contributed by atoms with Gasteiger partial charge in [0, 0.05) is 0 Å². The normalized spacial score (nSPS) is 20.1. The molecule has 8 nitrogen and oxygen atoms in total. The van der Waals surface area contributed by atoms with E-state index in [1.165, 1.54) is 26.2 Å². The molecule has 0 bridgehead atoms. The number of hydrogen-bond donors (Lipinski definition) is 1. The average molecular weight is 352 g/mol. The summed E-state index contributed by atoms with van der Waals surface area (Å²) in [5.41, 5.74) is -0.0575. The summed E-state index contributed by atoms with van der Waals surface area (Å²) >= 11 is 0.769. The molecule has 1 aromatic rings. The summed E-state index contributed by atoms with van der Waals surface area (Å²) in [6.45, 7) is 3.05. The molecular weight excluding hydrogens is 340 g/mol. The van der Waals surface area contributed by atoms with Gasteiger partial charge in [0.25, 0.3) is 5.91 Å². The zero-order valence-electron chi connectivity index (χ0n) is 12.2. The first-order valence-corrected chi connectivity index (χ1v) is 8.90. The van der Waals surface area contributed by atoms with Gasteiger partial charge in [-0.15, -0.1) is 0 Å². The Hall–Kier alpha value is -2.20. The SMILES string of the molecule is CC(C)S(=O)(=O)C1=NSC2=NC(=O)/C(=C\c3ccco3)C(=N)N21. The number of fused-ring (bicyclic) bond motifs is 1. The highest BCUT2D eigenvalue weighted by molar-refractivity contribution is 8.16. The highest BCUT2D eigenvalue weighted by atomic mass is 32.2. The van der Waals surface area contributed by atoms with Gasteiger partial charge in [0.05, 0.1) is 29.0 Å². The van der Waals surface area contributed by atoms with Gasteiger partial charge in [0.2, 0.25) is 20.2 Å². The minimum absolute atomic E-state index is 0.0575. The van der Waals surface area contributed by atoms with Gasteiger partial charge in [0.15, 0.2) is 0 Å². The first-order chi connectivity index (χ1) is 10.8. The standard InChI is InChI=1S/C13H12N4O4S2/c1-7(2)23(19,20)13-16-22-12-15-11(18)9(10(14)17(12)13)6-8-4-3-5-21-8/h3-7,14H,1-2H3/b9-6-,14-10?. The minimum Gasteiger partial charge on any atom is -0.465 e. The molecule has 0 saturated carbocycles. The number of rotatable bonds is 2. The van der Waals surface area contributed by atoms with Crippen LogP contribution in [0.25, 0.3) is 6.08 Å². The maximum absolute atomic E-state index is 12.4. The van der Waals surface area contributed by atoms with E-state index in [0.717, 1.165) is 16.8 Å². The molecule has 2 aliphatic heterocycles. The molecule has 0 atom stereocenters. The molecule has 120 valence electrons. The number of furan rings is 1. The predicted octanol–water partition coefficient (Wildman–Crippen LogP) is 1.68. The van der Waals surface area contributed by atoms with Crippen LogP contribution in [0.2, 0.25) is 0 Å². The molecule has 0 aromatic carbocycles. The number of hydrogen-bond acceptors (Lipinski definition) is 7. The summed E-state index contributed by atoms with van der Waals surface area (Å²) in [5, 5.41) is 7.30. The van der Waals surface area contributed by atoms with Crippen molar-refractivity contribution < 1.29 is 17.6 Å². The number of nitrogens with one attached hydrogen (secondary N) is 1. The van der Waals surface area contributed by atoms with Gasteiger partial charge < -0.3 is 4.42 Å². The summed E-state index contributed by atoms with van der Waals surface area (Å²) in [6, 6.07) is 3.26. The molecular formula is C13H12N4O4S2. The molecule has 0 unspecified atom stereocenters. The third-order valence-corrected chi connectivity index (χ3v) is 6.04. The summed E-state index contributed by atoms with van der Waals surface area (Å²) < 4.78 is 33.8. The van der Waals surface area contributed by atoms with Crippen LogP contribution in [0, 0.1) is 5.41 Å². The van der Waals surface area contributed by atoms with Crippen LogP contribution >= 0.6 is 11.9 Å². The number of sulfone groups is 1. The molecule has 0 saturated heterocycles. The lowest BCUT2D eigenvalue weighted by Gasteiger charge is -2.25. The number of carbonyl (C=O) groups excluding carboxylic acids is 1. The first kappa shape index (κ1) is 15.7. The molecule has 0 radical (unpaired) electrons. The van der Waals surface area contributed by atoms with Crippen molar-refractivity contribution in [1.29, 1.82) is 5.41 Å². The molecule has 1 amide bonds. The molecule has 23 heavy (non-hydrogen) atoms. The van der Waals surface area contributed by atoms with E-state index >= 15 is 0 Å². The summed E-state index contributed by atoms with van der Waals surface area (Å²) in [6.07, 6.45) is 2.79. The van der Waals surface area contributed by atoms with Crippen LogP contribution in [0.1, 0.15) is 19.6 Å². The monoisotopic (exact) mass is 352 g/mol. The lowest BCUT2D eigenvalue weighted by molar-refractivity contribution is -0.114. The van der Waals surface area contributed by atoms with Crippen molar-refractivity contribution in [3.63, 3.8) is 0 Å². The van der Waals surface area contributed by atoms with Crippen molar-refractivity contribution >= 4 is 49.9 Å². The van der Waals surface area contributed by atoms with Crippen LogP contribution in [0.5, 0.6) is 0 Å². The van der Waals surface area contributed by atoms with Crippen LogP contribution in [-0.4, -0.2) is 40.6 Å². The Balaban J connectivity index is 2.06. The quantitative estimate of drug-likeness (QED) is 0.639. The van der Waals surface area contributed by atoms with Gasteiger partial charge in [-0.25, -0.2) is 13.3 Å². The van der Waals surface area contributed by atoms with E-state index < -0.39 is 21.0 Å². The Labute approximate surface area is 136 Å². The number of aliphatic imine (C=N–C) groups is 1. The molecule has 3 rings (SSSR count). The molecule has 3 heterocycles. The Bertz CT molecular complexity index is 879. The van der Waals surface area contributed by atoms with Crippen molar-refractivity contribution in [1.82, 2.24) is 4.90 Å². The van der Waals surface area contributed by atoms with E-state index in [0.29, 0.717) is 5.76 Å². The van der Waals surface area contributed by atoms with Crippen LogP contribution in [0.15, 0.2) is 37.8 Å². The Kier molecular flexibility index (Phi) is 3.72. The van der Waals surface area contributed by atoms with Crippen LogP contribution in [0.3, 0.4) is 0 Å². The number of amidine groups is 3. The van der Waals surface area contributed by atoms with E-state index in [2.05, 4.69) is 9.39 Å². The third-order valence-electron chi connectivity index (χ3n) is 3.20. The molecule has 1 N–H and O–H groups in total. The zero-order chi connectivity index (χ0) is 16.8. The fourth-order valence-corrected chi connectivity index (χ4v) is 3.97. The van der Waals surface area contributed by atoms with E-state index in [9.17, 15) is 13.2 Å². The predicted molar refractivity (Wildman–Crippen MR) is 87.8 cm³/mol. The van der Waals surface area contributed by atoms with Crippen molar-refractivity contribution in [3.8, 4) is 0 Å². The largest absolute Gasteiger partial charge is 0.465 e. The molecule has 2 aliphatic rings. The van der Waals surface area contributed by atoms with E-state index in [1.54, 1.807) is 12.1 Å². The molecule has 0 fully saturated rings. The molecule has 0 aliphatic carbocycles. The molecule has 0 spiro atoms. The lowest BCUT2D eigenvalue weighted by Crippen LogP contribution is -2.46. The van der Waals surface area contributed by atoms with Crippen LogP contribution in [-0.2, 0) is 14.6 Å². The first-order valence-electron chi connectivity index (χ1n) is 6.58. The van der Waals surface area contributed by atoms with Crippen LogP contribution < -0.4 is 0 Å². The Morgan fingerprint density at radius 2 is 2.17 bits per heavy atom. The van der Waals surface area contributed by atoms with Gasteiger partial charge in [-0.05, 0) is 32.1 Å². The summed E-state index contributed by atoms with van der Waals surface area (Å²) in [7, 11) is -3.71. The van der Waals surface area contributed by atoms with Gasteiger partial charge in [-0.3, -0.25) is 10.2 Å². The topological polar surface area (TPSA) is 116 Å². The van der Waals surface area contributed by atoms with Crippen molar-refractivity contribution in [3.05, 3.63) is 29.7 Å². The van der Waals surface area contributed by atoms with Gasteiger partial charge in [0.1, 0.15) is 11.6 Å². The number of nitrogens with zero attached hydrogens (tertiary/aromatic N) is 3. The van der Waals surface area contributed by atoms with Gasteiger partial charge in [-0.1, -0.05) is 0 Å². The molecule has 1 aromatic heterocycles. The van der Waals surface area contributed by atoms with E-state index in [-0.39, 0.29) is 21.7 Å².